The minimum atomic E-state index is 0.674. The number of aromatic nitrogens is 1. The van der Waals surface area contributed by atoms with Crippen LogP contribution in [0.1, 0.15) is 16.5 Å². The average Bonchev–Trinajstić information content (AvgIpc) is 2.59. The molecule has 1 fully saturated rings. The molecule has 0 saturated carbocycles. The Balaban J connectivity index is 1.98. The first-order valence-electron chi connectivity index (χ1n) is 5.68. The Hall–Kier alpha value is -0.710. The third-order valence-corrected chi connectivity index (χ3v) is 4.92. The van der Waals surface area contributed by atoms with Crippen molar-refractivity contribution in [2.24, 2.45) is 0 Å². The molecule has 0 aliphatic carbocycles. The number of nitrogens with one attached hydrogen (secondary N) is 1. The lowest BCUT2D eigenvalue weighted by Gasteiger charge is -2.26. The molecule has 1 aliphatic rings. The van der Waals surface area contributed by atoms with Gasteiger partial charge in [-0.1, -0.05) is 28.1 Å². The van der Waals surface area contributed by atoms with Gasteiger partial charge in [0, 0.05) is 33.9 Å². The molecule has 0 atom stereocenters. The molecule has 1 aromatic heterocycles. The number of thiazole rings is 1. The number of nitrogens with zero attached hydrogens (tertiary/aromatic N) is 1. The molecule has 2 nitrogen and oxygen atoms in total. The maximum atomic E-state index is 4.69. The van der Waals surface area contributed by atoms with Crippen molar-refractivity contribution in [1.82, 2.24) is 10.3 Å². The standard InChI is InChI=1S/C13H13BrN2S/c1-8-12(10-6-15-7-10)17-13(16-8)9-3-2-4-11(14)5-9/h2-5,10,15H,6-7H2,1H3. The van der Waals surface area contributed by atoms with Gasteiger partial charge in [0.2, 0.25) is 0 Å². The van der Waals surface area contributed by atoms with E-state index in [2.05, 4.69) is 46.4 Å². The quantitative estimate of drug-likeness (QED) is 0.917. The smallest absolute Gasteiger partial charge is 0.123 e. The lowest BCUT2D eigenvalue weighted by atomic mass is 10.0. The van der Waals surface area contributed by atoms with Crippen molar-refractivity contribution >= 4 is 27.3 Å². The Labute approximate surface area is 113 Å². The number of benzene rings is 1. The van der Waals surface area contributed by atoms with Gasteiger partial charge in [-0.15, -0.1) is 11.3 Å². The van der Waals surface area contributed by atoms with Gasteiger partial charge in [-0.3, -0.25) is 0 Å². The van der Waals surface area contributed by atoms with E-state index in [-0.39, 0.29) is 0 Å². The summed E-state index contributed by atoms with van der Waals surface area (Å²) < 4.78 is 1.11. The second-order valence-corrected chi connectivity index (χ2v) is 6.28. The van der Waals surface area contributed by atoms with Gasteiger partial charge in [-0.25, -0.2) is 4.98 Å². The average molecular weight is 309 g/mol. The summed E-state index contributed by atoms with van der Waals surface area (Å²) in [7, 11) is 0. The van der Waals surface area contributed by atoms with Gasteiger partial charge in [0.05, 0.1) is 5.69 Å². The van der Waals surface area contributed by atoms with E-state index < -0.39 is 0 Å². The topological polar surface area (TPSA) is 24.9 Å². The predicted molar refractivity (Wildman–Crippen MR) is 75.6 cm³/mol. The van der Waals surface area contributed by atoms with Gasteiger partial charge < -0.3 is 5.32 Å². The molecule has 4 heteroatoms. The highest BCUT2D eigenvalue weighted by atomic mass is 79.9. The zero-order valence-corrected chi connectivity index (χ0v) is 11.9. The maximum absolute atomic E-state index is 4.69. The van der Waals surface area contributed by atoms with E-state index in [0.717, 1.165) is 22.6 Å². The van der Waals surface area contributed by atoms with Gasteiger partial charge in [-0.05, 0) is 19.1 Å². The molecule has 0 spiro atoms. The zero-order valence-electron chi connectivity index (χ0n) is 9.53. The molecule has 0 bridgehead atoms. The minimum absolute atomic E-state index is 0.674. The van der Waals surface area contributed by atoms with E-state index in [1.54, 1.807) is 0 Å². The third-order valence-electron chi connectivity index (χ3n) is 3.06. The first-order chi connectivity index (χ1) is 8.24. The molecule has 2 heterocycles. The number of rotatable bonds is 2. The van der Waals surface area contributed by atoms with Crippen molar-refractivity contribution in [1.29, 1.82) is 0 Å². The van der Waals surface area contributed by atoms with Gasteiger partial charge in [-0.2, -0.15) is 0 Å². The fourth-order valence-electron chi connectivity index (χ4n) is 2.01. The molecule has 2 aromatic rings. The van der Waals surface area contributed by atoms with Crippen LogP contribution in [-0.4, -0.2) is 18.1 Å². The Kier molecular flexibility index (Phi) is 3.03. The van der Waals surface area contributed by atoms with Crippen LogP contribution in [0, 0.1) is 6.92 Å². The largest absolute Gasteiger partial charge is 0.315 e. The van der Waals surface area contributed by atoms with Crippen LogP contribution in [0.2, 0.25) is 0 Å². The third kappa shape index (κ3) is 2.17. The van der Waals surface area contributed by atoms with Gasteiger partial charge >= 0.3 is 0 Å². The van der Waals surface area contributed by atoms with Crippen molar-refractivity contribution in [3.05, 3.63) is 39.3 Å². The van der Waals surface area contributed by atoms with Crippen molar-refractivity contribution in [2.75, 3.05) is 13.1 Å². The second-order valence-electron chi connectivity index (χ2n) is 4.33. The molecule has 3 rings (SSSR count). The molecular weight excluding hydrogens is 296 g/mol. The van der Waals surface area contributed by atoms with E-state index in [4.69, 9.17) is 4.98 Å². The van der Waals surface area contributed by atoms with Gasteiger partial charge in [0.1, 0.15) is 5.01 Å². The Morgan fingerprint density at radius 2 is 2.24 bits per heavy atom. The SMILES string of the molecule is Cc1nc(-c2cccc(Br)c2)sc1C1CNC1. The highest BCUT2D eigenvalue weighted by Crippen LogP contribution is 2.34. The maximum Gasteiger partial charge on any atom is 0.123 e. The molecular formula is C13H13BrN2S. The molecule has 0 unspecified atom stereocenters. The number of hydrogen-bond donors (Lipinski definition) is 1. The van der Waals surface area contributed by atoms with Gasteiger partial charge in [0.25, 0.3) is 0 Å². The van der Waals surface area contributed by atoms with Crippen LogP contribution in [0.5, 0.6) is 0 Å². The molecule has 17 heavy (non-hydrogen) atoms. The molecule has 0 radical (unpaired) electrons. The number of hydrogen-bond acceptors (Lipinski definition) is 3. The first-order valence-corrected chi connectivity index (χ1v) is 7.29. The summed E-state index contributed by atoms with van der Waals surface area (Å²) in [5.74, 6) is 0.674. The van der Waals surface area contributed by atoms with Crippen LogP contribution >= 0.6 is 27.3 Å². The van der Waals surface area contributed by atoms with Crippen molar-refractivity contribution < 1.29 is 0 Å². The molecule has 1 aliphatic heterocycles. The molecule has 1 aromatic carbocycles. The summed E-state index contributed by atoms with van der Waals surface area (Å²) in [6, 6.07) is 8.34. The van der Waals surface area contributed by atoms with Crippen molar-refractivity contribution in [3.63, 3.8) is 0 Å². The van der Waals surface area contributed by atoms with E-state index in [1.165, 1.54) is 16.1 Å². The van der Waals surface area contributed by atoms with Crippen LogP contribution in [0.4, 0.5) is 0 Å². The summed E-state index contributed by atoms with van der Waals surface area (Å²) in [5.41, 5.74) is 2.39. The van der Waals surface area contributed by atoms with Crippen LogP contribution in [0.3, 0.4) is 0 Å². The molecule has 1 N–H and O–H groups in total. The van der Waals surface area contributed by atoms with E-state index in [0.29, 0.717) is 5.92 Å². The zero-order chi connectivity index (χ0) is 11.8. The summed E-state index contributed by atoms with van der Waals surface area (Å²) in [6.07, 6.45) is 0. The van der Waals surface area contributed by atoms with Gasteiger partial charge in [0.15, 0.2) is 0 Å². The predicted octanol–water partition coefficient (Wildman–Crippen LogP) is 3.57. The summed E-state index contributed by atoms with van der Waals surface area (Å²) in [5, 5.41) is 4.45. The second kappa shape index (κ2) is 4.52. The summed E-state index contributed by atoms with van der Waals surface area (Å²) in [4.78, 5) is 6.14. The lowest BCUT2D eigenvalue weighted by molar-refractivity contribution is 0.452. The molecule has 1 saturated heterocycles. The highest BCUT2D eigenvalue weighted by molar-refractivity contribution is 9.10. The van der Waals surface area contributed by atoms with E-state index in [1.807, 2.05) is 17.4 Å². The van der Waals surface area contributed by atoms with Crippen LogP contribution < -0.4 is 5.32 Å². The van der Waals surface area contributed by atoms with Crippen molar-refractivity contribution in [3.8, 4) is 10.6 Å². The van der Waals surface area contributed by atoms with Crippen LogP contribution in [0.25, 0.3) is 10.6 Å². The normalized spacial score (nSPS) is 15.9. The monoisotopic (exact) mass is 308 g/mol. The van der Waals surface area contributed by atoms with Crippen LogP contribution in [-0.2, 0) is 0 Å². The van der Waals surface area contributed by atoms with E-state index >= 15 is 0 Å². The fourth-order valence-corrected chi connectivity index (χ4v) is 3.57. The van der Waals surface area contributed by atoms with E-state index in [9.17, 15) is 0 Å². The molecule has 0 amide bonds. The van der Waals surface area contributed by atoms with Crippen molar-refractivity contribution in [2.45, 2.75) is 12.8 Å². The highest BCUT2D eigenvalue weighted by Gasteiger charge is 2.24. The minimum Gasteiger partial charge on any atom is -0.315 e. The fraction of sp³-hybridized carbons (Fsp3) is 0.308. The van der Waals surface area contributed by atoms with Crippen LogP contribution in [0.15, 0.2) is 28.7 Å². The molecule has 88 valence electrons. The lowest BCUT2D eigenvalue weighted by Crippen LogP contribution is -2.39. The Morgan fingerprint density at radius 1 is 1.41 bits per heavy atom. The number of halogens is 1. The number of aryl methyl sites for hydroxylation is 1. The first kappa shape index (κ1) is 11.4. The summed E-state index contributed by atoms with van der Waals surface area (Å²) >= 11 is 5.34. The Morgan fingerprint density at radius 3 is 2.88 bits per heavy atom. The Bertz CT molecular complexity index is 546. The summed E-state index contributed by atoms with van der Waals surface area (Å²) in [6.45, 7) is 4.31.